The van der Waals surface area contributed by atoms with Gasteiger partial charge in [0.1, 0.15) is 31.1 Å². The molecule has 0 saturated heterocycles. The predicted molar refractivity (Wildman–Crippen MR) is 156 cm³/mol. The fourth-order valence-electron chi connectivity index (χ4n) is 5.19. The Hall–Kier alpha value is -4.82. The van der Waals surface area contributed by atoms with Crippen LogP contribution in [-0.4, -0.2) is 57.6 Å². The van der Waals surface area contributed by atoms with Crippen molar-refractivity contribution >= 4 is 17.6 Å². The van der Waals surface area contributed by atoms with Crippen molar-refractivity contribution in [1.82, 2.24) is 14.5 Å². The monoisotopic (exact) mass is 636 g/mol. The second-order valence-electron chi connectivity index (χ2n) is 10.7. The second kappa shape index (κ2) is 12.7. The number of anilines is 1. The molecule has 3 N–H and O–H groups in total. The van der Waals surface area contributed by atoms with Crippen LogP contribution in [0.4, 0.5) is 23.2 Å². The maximum absolute atomic E-state index is 15.1. The van der Waals surface area contributed by atoms with E-state index in [2.05, 4.69) is 10.6 Å². The number of carboxylic acids is 1. The van der Waals surface area contributed by atoms with E-state index in [0.717, 1.165) is 10.6 Å². The standard InChI is InChI=1S/C30H32F4N4O7/c1-6-21(30(32,33)34)35-17-11-14(2)22(19(31)13-17)26(39)36-20(28(41)42)12-16-7-8-18(25-24(16)44-9-10-45-25)23-15(3)37(4)29(43)38(5)27(23)40/h7-8,11,13,20-21,35H,6,9-10,12H2,1-5H3,(H,36,39)(H,41,42)/t20-,21+/m0/s1. The van der Waals surface area contributed by atoms with Crippen LogP contribution in [0.5, 0.6) is 11.5 Å². The van der Waals surface area contributed by atoms with Crippen LogP contribution in [0, 0.1) is 19.7 Å². The first kappa shape index (κ1) is 33.1. The molecule has 0 radical (unpaired) electrons. The Morgan fingerprint density at radius 1 is 1.04 bits per heavy atom. The SMILES string of the molecule is CC[C@@H](Nc1cc(C)c(C(=O)N[C@@H](Cc2ccc(-c3c(C)n(C)c(=O)n(C)c3=O)c3c2OCCO3)C(=O)O)c(F)c1)C(F)(F)F. The number of amides is 1. The van der Waals surface area contributed by atoms with E-state index < -0.39 is 52.8 Å². The molecule has 0 saturated carbocycles. The first-order valence-electron chi connectivity index (χ1n) is 13.9. The summed E-state index contributed by atoms with van der Waals surface area (Å²) in [5.41, 5.74) is -0.645. The molecule has 0 bridgehead atoms. The van der Waals surface area contributed by atoms with Gasteiger partial charge < -0.3 is 29.8 Å². The lowest BCUT2D eigenvalue weighted by atomic mass is 9.97. The van der Waals surface area contributed by atoms with Gasteiger partial charge in [-0.25, -0.2) is 14.0 Å². The van der Waals surface area contributed by atoms with Crippen LogP contribution in [0.15, 0.2) is 33.9 Å². The van der Waals surface area contributed by atoms with Gasteiger partial charge in [-0.1, -0.05) is 13.0 Å². The maximum Gasteiger partial charge on any atom is 0.408 e. The van der Waals surface area contributed by atoms with Gasteiger partial charge in [-0.05, 0) is 44.0 Å². The Balaban J connectivity index is 1.66. The van der Waals surface area contributed by atoms with Gasteiger partial charge in [0.05, 0.1) is 11.1 Å². The molecule has 0 unspecified atom stereocenters. The molecule has 1 amide bonds. The number of carboxylic acid groups (broad SMARTS) is 1. The summed E-state index contributed by atoms with van der Waals surface area (Å²) in [6.45, 7) is 4.46. The molecular weight excluding hydrogens is 604 g/mol. The van der Waals surface area contributed by atoms with E-state index >= 15 is 4.39 Å². The summed E-state index contributed by atoms with van der Waals surface area (Å²) in [7, 11) is 2.85. The summed E-state index contributed by atoms with van der Waals surface area (Å²) in [5.74, 6) is -3.37. The zero-order valence-corrected chi connectivity index (χ0v) is 25.1. The molecule has 4 rings (SSSR count). The van der Waals surface area contributed by atoms with Crippen molar-refractivity contribution in [2.75, 3.05) is 18.5 Å². The lowest BCUT2D eigenvalue weighted by Crippen LogP contribution is -2.43. The van der Waals surface area contributed by atoms with Gasteiger partial charge in [-0.3, -0.25) is 14.2 Å². The Morgan fingerprint density at radius 3 is 2.27 bits per heavy atom. The second-order valence-corrected chi connectivity index (χ2v) is 10.7. The Kier molecular flexibility index (Phi) is 9.30. The van der Waals surface area contributed by atoms with Crippen molar-refractivity contribution in [3.05, 3.63) is 73.3 Å². The van der Waals surface area contributed by atoms with Gasteiger partial charge in [0.15, 0.2) is 11.5 Å². The van der Waals surface area contributed by atoms with Crippen LogP contribution in [0.2, 0.25) is 0 Å². The fourth-order valence-corrected chi connectivity index (χ4v) is 5.19. The summed E-state index contributed by atoms with van der Waals surface area (Å²) < 4.78 is 68.5. The Morgan fingerprint density at radius 2 is 1.69 bits per heavy atom. The Labute approximate surface area is 254 Å². The number of nitrogens with zero attached hydrogens (tertiary/aromatic N) is 2. The number of fused-ring (bicyclic) bond motifs is 1. The first-order chi connectivity index (χ1) is 21.1. The first-order valence-corrected chi connectivity index (χ1v) is 13.9. The van der Waals surface area contributed by atoms with Crippen LogP contribution in [-0.2, 0) is 25.3 Å². The van der Waals surface area contributed by atoms with Gasteiger partial charge in [-0.15, -0.1) is 0 Å². The number of aryl methyl sites for hydroxylation is 1. The van der Waals surface area contributed by atoms with Gasteiger partial charge >= 0.3 is 17.8 Å². The number of nitrogens with one attached hydrogen (secondary N) is 2. The van der Waals surface area contributed by atoms with E-state index in [1.54, 1.807) is 6.92 Å². The predicted octanol–water partition coefficient (Wildman–Crippen LogP) is 3.46. The number of alkyl halides is 3. The van der Waals surface area contributed by atoms with Gasteiger partial charge in [0.2, 0.25) is 0 Å². The molecular formula is C30H32F4N4O7. The van der Waals surface area contributed by atoms with Gasteiger partial charge in [0, 0.05) is 43.0 Å². The highest BCUT2D eigenvalue weighted by Crippen LogP contribution is 2.42. The van der Waals surface area contributed by atoms with E-state index in [9.17, 15) is 37.5 Å². The molecule has 2 atom stereocenters. The molecule has 0 aliphatic carbocycles. The lowest BCUT2D eigenvalue weighted by Gasteiger charge is -2.26. The fraction of sp³-hybridized carbons (Fsp3) is 0.400. The minimum absolute atomic E-state index is 0.0103. The minimum atomic E-state index is -4.58. The molecule has 1 aliphatic rings. The molecule has 0 spiro atoms. The van der Waals surface area contributed by atoms with Crippen molar-refractivity contribution in [2.24, 2.45) is 14.1 Å². The third-order valence-corrected chi connectivity index (χ3v) is 7.68. The normalized spacial score (nSPS) is 14.1. The van der Waals surface area contributed by atoms with E-state index in [0.29, 0.717) is 16.8 Å². The number of hydrogen-bond donors (Lipinski definition) is 3. The third kappa shape index (κ3) is 6.51. The number of halogens is 4. The molecule has 242 valence electrons. The van der Waals surface area contributed by atoms with Crippen molar-refractivity contribution in [3.63, 3.8) is 0 Å². The molecule has 45 heavy (non-hydrogen) atoms. The molecule has 1 aliphatic heterocycles. The topological polar surface area (TPSA) is 141 Å². The summed E-state index contributed by atoms with van der Waals surface area (Å²) in [4.78, 5) is 50.8. The number of hydrogen-bond acceptors (Lipinski definition) is 7. The summed E-state index contributed by atoms with van der Waals surface area (Å²) in [6, 6.07) is 1.43. The van der Waals surface area contributed by atoms with Gasteiger partial charge in [0.25, 0.3) is 11.5 Å². The number of ether oxygens (including phenoxy) is 2. The molecule has 1 aromatic heterocycles. The molecule has 3 aromatic rings. The van der Waals surface area contributed by atoms with Gasteiger partial charge in [-0.2, -0.15) is 13.2 Å². The molecule has 15 heteroatoms. The maximum atomic E-state index is 15.1. The largest absolute Gasteiger partial charge is 0.486 e. The van der Waals surface area contributed by atoms with Crippen LogP contribution in [0.3, 0.4) is 0 Å². The van der Waals surface area contributed by atoms with Crippen LogP contribution < -0.4 is 31.4 Å². The molecule has 2 aromatic carbocycles. The Bertz CT molecular complexity index is 1760. The van der Waals surface area contributed by atoms with Crippen molar-refractivity contribution in [3.8, 4) is 22.6 Å². The number of aromatic nitrogens is 2. The minimum Gasteiger partial charge on any atom is -0.486 e. The number of benzene rings is 2. The summed E-state index contributed by atoms with van der Waals surface area (Å²) in [5, 5.41) is 14.4. The average molecular weight is 637 g/mol. The molecule has 0 fully saturated rings. The van der Waals surface area contributed by atoms with E-state index in [-0.39, 0.29) is 54.4 Å². The van der Waals surface area contributed by atoms with E-state index in [1.165, 1.54) is 50.7 Å². The number of carbonyl (C=O) groups is 2. The van der Waals surface area contributed by atoms with E-state index in [4.69, 9.17) is 9.47 Å². The number of carbonyl (C=O) groups excluding carboxylic acids is 1. The zero-order chi connectivity index (χ0) is 33.4. The van der Waals surface area contributed by atoms with Crippen LogP contribution >= 0.6 is 0 Å². The highest BCUT2D eigenvalue weighted by atomic mass is 19.4. The van der Waals surface area contributed by atoms with E-state index in [1.807, 2.05) is 0 Å². The number of aliphatic carboxylic acids is 1. The number of rotatable bonds is 9. The highest BCUT2D eigenvalue weighted by Gasteiger charge is 2.38. The quantitative estimate of drug-likeness (QED) is 0.304. The average Bonchev–Trinajstić information content (AvgIpc) is 2.97. The van der Waals surface area contributed by atoms with Crippen LogP contribution in [0.1, 0.15) is 40.5 Å². The molecule has 2 heterocycles. The summed E-state index contributed by atoms with van der Waals surface area (Å²) in [6.07, 6.45) is -5.22. The smallest absolute Gasteiger partial charge is 0.408 e. The van der Waals surface area contributed by atoms with Crippen molar-refractivity contribution < 1.29 is 41.7 Å². The molecule has 11 nitrogen and oxygen atoms in total. The zero-order valence-electron chi connectivity index (χ0n) is 25.1. The van der Waals surface area contributed by atoms with Crippen molar-refractivity contribution in [2.45, 2.75) is 51.9 Å². The summed E-state index contributed by atoms with van der Waals surface area (Å²) >= 11 is 0. The van der Waals surface area contributed by atoms with Crippen LogP contribution in [0.25, 0.3) is 11.1 Å². The highest BCUT2D eigenvalue weighted by molar-refractivity contribution is 5.98. The third-order valence-electron chi connectivity index (χ3n) is 7.68. The van der Waals surface area contributed by atoms with Crippen molar-refractivity contribution in [1.29, 1.82) is 0 Å². The lowest BCUT2D eigenvalue weighted by molar-refractivity contribution is -0.143.